The summed E-state index contributed by atoms with van der Waals surface area (Å²) in [4.78, 5) is 22.7. The van der Waals surface area contributed by atoms with E-state index in [0.29, 0.717) is 23.0 Å². The number of carbonyl (C=O) groups excluding carboxylic acids is 1. The Labute approximate surface area is 160 Å². The molecule has 0 radical (unpaired) electrons. The van der Waals surface area contributed by atoms with Crippen molar-refractivity contribution in [3.63, 3.8) is 0 Å². The number of hydrogen-bond donors (Lipinski definition) is 2. The second kappa shape index (κ2) is 8.41. The van der Waals surface area contributed by atoms with E-state index in [1.165, 1.54) is 29.4 Å². The van der Waals surface area contributed by atoms with Gasteiger partial charge in [-0.25, -0.2) is 14.4 Å². The topological polar surface area (TPSA) is 99.4 Å². The smallest absolute Gasteiger partial charge is 0.257 e. The fourth-order valence-corrected chi connectivity index (χ4v) is 2.91. The minimum atomic E-state index is -0.521. The summed E-state index contributed by atoms with van der Waals surface area (Å²) in [5.74, 6) is -0.753. The average molecular weight is 393 g/mol. The van der Waals surface area contributed by atoms with E-state index in [4.69, 9.17) is 26.9 Å². The van der Waals surface area contributed by atoms with Gasteiger partial charge in [-0.15, -0.1) is 0 Å². The molecular formula is C18H18ClFN4O3. The molecule has 27 heavy (non-hydrogen) atoms. The van der Waals surface area contributed by atoms with Crippen LogP contribution in [0.5, 0.6) is 5.75 Å². The van der Waals surface area contributed by atoms with Gasteiger partial charge in [-0.2, -0.15) is 0 Å². The molecule has 1 saturated heterocycles. The lowest BCUT2D eigenvalue weighted by Gasteiger charge is -2.18. The monoisotopic (exact) mass is 392 g/mol. The molecule has 1 aliphatic rings. The highest BCUT2D eigenvalue weighted by Gasteiger charge is 2.35. The zero-order valence-corrected chi connectivity index (χ0v) is 15.1. The van der Waals surface area contributed by atoms with E-state index in [9.17, 15) is 9.18 Å². The standard InChI is InChI=1S/C18H18ClFN4O3/c19-11-7-22-17(23-8-11)14-9-24(10-15(14)21)18(26)13-3-2-12(20)6-16(13)27-5-1-4-25/h2-3,6-8,14,21,25H,1,4-5,9-10H2. The molecule has 0 bridgehead atoms. The van der Waals surface area contributed by atoms with Crippen LogP contribution in [-0.2, 0) is 0 Å². The molecule has 1 atom stereocenters. The second-order valence-corrected chi connectivity index (χ2v) is 6.53. The first-order chi connectivity index (χ1) is 13.0. The van der Waals surface area contributed by atoms with Crippen LogP contribution < -0.4 is 4.74 Å². The number of amides is 1. The van der Waals surface area contributed by atoms with Crippen LogP contribution >= 0.6 is 11.6 Å². The molecule has 2 N–H and O–H groups in total. The van der Waals surface area contributed by atoms with Crippen molar-refractivity contribution in [3.05, 3.63) is 52.8 Å². The zero-order valence-electron chi connectivity index (χ0n) is 14.4. The molecule has 9 heteroatoms. The maximum atomic E-state index is 13.6. The fraction of sp³-hybridized carbons (Fsp3) is 0.333. The van der Waals surface area contributed by atoms with Gasteiger partial charge in [0.05, 0.1) is 29.7 Å². The van der Waals surface area contributed by atoms with E-state index in [0.717, 1.165) is 6.07 Å². The Bertz CT molecular complexity index is 847. The molecule has 7 nitrogen and oxygen atoms in total. The van der Waals surface area contributed by atoms with Crippen LogP contribution in [0, 0.1) is 11.2 Å². The van der Waals surface area contributed by atoms with Gasteiger partial charge in [0.1, 0.15) is 17.4 Å². The molecule has 3 rings (SSSR count). The van der Waals surface area contributed by atoms with Gasteiger partial charge >= 0.3 is 0 Å². The Balaban J connectivity index is 1.78. The van der Waals surface area contributed by atoms with Gasteiger partial charge in [-0.1, -0.05) is 11.6 Å². The van der Waals surface area contributed by atoms with E-state index >= 15 is 0 Å². The van der Waals surface area contributed by atoms with E-state index in [1.807, 2.05) is 0 Å². The first-order valence-electron chi connectivity index (χ1n) is 8.37. The molecule has 1 aromatic heterocycles. The van der Waals surface area contributed by atoms with Crippen LogP contribution in [-0.4, -0.2) is 57.9 Å². The molecule has 0 spiro atoms. The average Bonchev–Trinajstić information content (AvgIpc) is 3.04. The quantitative estimate of drug-likeness (QED) is 0.735. The van der Waals surface area contributed by atoms with E-state index in [2.05, 4.69) is 9.97 Å². The van der Waals surface area contributed by atoms with Crippen LogP contribution in [0.3, 0.4) is 0 Å². The zero-order chi connectivity index (χ0) is 19.4. The first kappa shape index (κ1) is 19.2. The fourth-order valence-electron chi connectivity index (χ4n) is 2.81. The summed E-state index contributed by atoms with van der Waals surface area (Å²) in [5, 5.41) is 17.4. The molecule has 2 heterocycles. The highest BCUT2D eigenvalue weighted by atomic mass is 35.5. The van der Waals surface area contributed by atoms with E-state index in [-0.39, 0.29) is 43.5 Å². The Morgan fingerprint density at radius 1 is 1.41 bits per heavy atom. The Morgan fingerprint density at radius 3 is 2.85 bits per heavy atom. The number of likely N-dealkylation sites (tertiary alicyclic amines) is 1. The van der Waals surface area contributed by atoms with Crippen LogP contribution in [0.15, 0.2) is 30.6 Å². The molecule has 1 unspecified atom stereocenters. The number of nitrogens with one attached hydrogen (secondary N) is 1. The summed E-state index contributed by atoms with van der Waals surface area (Å²) < 4.78 is 19.0. The maximum Gasteiger partial charge on any atom is 0.257 e. The third-order valence-electron chi connectivity index (χ3n) is 4.16. The normalized spacial score (nSPS) is 16.6. The minimum Gasteiger partial charge on any atom is -0.493 e. The van der Waals surface area contributed by atoms with Crippen molar-refractivity contribution in [2.75, 3.05) is 26.3 Å². The molecule has 142 valence electrons. The van der Waals surface area contributed by atoms with Crippen LogP contribution in [0.4, 0.5) is 4.39 Å². The predicted molar refractivity (Wildman–Crippen MR) is 97.0 cm³/mol. The van der Waals surface area contributed by atoms with Crippen molar-refractivity contribution in [1.29, 1.82) is 5.41 Å². The molecule has 2 aromatic rings. The third-order valence-corrected chi connectivity index (χ3v) is 4.35. The maximum absolute atomic E-state index is 13.6. The summed E-state index contributed by atoms with van der Waals surface area (Å²) in [6.45, 7) is 0.470. The lowest BCUT2D eigenvalue weighted by atomic mass is 10.1. The lowest BCUT2D eigenvalue weighted by Crippen LogP contribution is -2.29. The van der Waals surface area contributed by atoms with Gasteiger partial charge in [0.2, 0.25) is 0 Å². The number of rotatable bonds is 6. The third kappa shape index (κ3) is 4.40. The van der Waals surface area contributed by atoms with Gasteiger partial charge in [0, 0.05) is 43.7 Å². The van der Waals surface area contributed by atoms with Gasteiger partial charge in [-0.05, 0) is 12.1 Å². The number of aromatic nitrogens is 2. The number of benzene rings is 1. The van der Waals surface area contributed by atoms with Crippen molar-refractivity contribution in [1.82, 2.24) is 14.9 Å². The van der Waals surface area contributed by atoms with Gasteiger partial charge in [0.15, 0.2) is 0 Å². The molecule has 0 saturated carbocycles. The van der Waals surface area contributed by atoms with Crippen molar-refractivity contribution in [3.8, 4) is 5.75 Å². The van der Waals surface area contributed by atoms with Crippen molar-refractivity contribution in [2.45, 2.75) is 12.3 Å². The Kier molecular flexibility index (Phi) is 5.98. The highest BCUT2D eigenvalue weighted by Crippen LogP contribution is 2.27. The number of ether oxygens (including phenoxy) is 1. The van der Waals surface area contributed by atoms with Gasteiger partial charge in [0.25, 0.3) is 5.91 Å². The molecule has 1 aliphatic heterocycles. The summed E-state index contributed by atoms with van der Waals surface area (Å²) in [7, 11) is 0. The van der Waals surface area contributed by atoms with Crippen molar-refractivity contribution in [2.24, 2.45) is 0 Å². The van der Waals surface area contributed by atoms with Gasteiger partial charge in [-0.3, -0.25) is 4.79 Å². The molecule has 1 fully saturated rings. The summed E-state index contributed by atoms with van der Waals surface area (Å²) >= 11 is 5.79. The number of nitrogens with zero attached hydrogens (tertiary/aromatic N) is 3. The van der Waals surface area contributed by atoms with Gasteiger partial charge < -0.3 is 20.2 Å². The first-order valence-corrected chi connectivity index (χ1v) is 8.74. The van der Waals surface area contributed by atoms with Crippen LogP contribution in [0.1, 0.15) is 28.5 Å². The van der Waals surface area contributed by atoms with Crippen molar-refractivity contribution >= 4 is 23.2 Å². The Hall–Kier alpha value is -2.58. The molecule has 1 aromatic carbocycles. The van der Waals surface area contributed by atoms with Crippen molar-refractivity contribution < 1.29 is 19.0 Å². The molecule has 0 aliphatic carbocycles. The summed E-state index contributed by atoms with van der Waals surface area (Å²) in [6.07, 6.45) is 3.28. The molecule has 1 amide bonds. The summed E-state index contributed by atoms with van der Waals surface area (Å²) in [6, 6.07) is 3.70. The number of aliphatic hydroxyl groups excluding tert-OH is 1. The second-order valence-electron chi connectivity index (χ2n) is 6.09. The van der Waals surface area contributed by atoms with E-state index < -0.39 is 11.7 Å². The minimum absolute atomic E-state index is 0.0648. The molecular weight excluding hydrogens is 375 g/mol. The van der Waals surface area contributed by atoms with E-state index in [1.54, 1.807) is 0 Å². The van der Waals surface area contributed by atoms with Crippen LogP contribution in [0.2, 0.25) is 5.02 Å². The van der Waals surface area contributed by atoms with Crippen LogP contribution in [0.25, 0.3) is 0 Å². The highest BCUT2D eigenvalue weighted by molar-refractivity contribution is 6.30. The number of aliphatic hydroxyl groups is 1. The summed E-state index contributed by atoms with van der Waals surface area (Å²) in [5.41, 5.74) is 0.523. The number of halogens is 2. The number of hydrogen-bond acceptors (Lipinski definition) is 6. The lowest BCUT2D eigenvalue weighted by molar-refractivity contribution is 0.0790. The largest absolute Gasteiger partial charge is 0.493 e. The number of carbonyl (C=O) groups is 1. The Morgan fingerprint density at radius 2 is 2.15 bits per heavy atom. The predicted octanol–water partition coefficient (Wildman–Crippen LogP) is 2.29. The SMILES string of the molecule is N=C1CN(C(=O)c2ccc(F)cc2OCCCO)CC1c1ncc(Cl)cn1.